The smallest absolute Gasteiger partial charge is 0.185 e. The molecule has 0 saturated heterocycles. The van der Waals surface area contributed by atoms with Crippen molar-refractivity contribution in [3.63, 3.8) is 0 Å². The highest BCUT2D eigenvalue weighted by Crippen LogP contribution is 2.22. The van der Waals surface area contributed by atoms with E-state index in [2.05, 4.69) is 0 Å². The van der Waals surface area contributed by atoms with Gasteiger partial charge < -0.3 is 0 Å². The number of carbonyl (C=O) groups excluding carboxylic acids is 1. The molecule has 2 rings (SSSR count). The van der Waals surface area contributed by atoms with Gasteiger partial charge in [-0.3, -0.25) is 4.79 Å². The zero-order chi connectivity index (χ0) is 14.4. The third-order valence-corrected chi connectivity index (χ3v) is 3.39. The number of hydrogen-bond donors (Lipinski definition) is 0. The maximum Gasteiger partial charge on any atom is 0.185 e. The first kappa shape index (κ1) is 14.6. The van der Waals surface area contributed by atoms with E-state index in [1.165, 1.54) is 6.08 Å². The highest BCUT2D eigenvalue weighted by molar-refractivity contribution is 6.42. The molecule has 0 radical (unpaired) electrons. The minimum Gasteiger partial charge on any atom is -0.289 e. The monoisotopic (exact) mass is 302 g/mol. The lowest BCUT2D eigenvalue weighted by Gasteiger charge is -1.98. The molecule has 3 heteroatoms. The van der Waals surface area contributed by atoms with Crippen molar-refractivity contribution in [1.29, 1.82) is 0 Å². The van der Waals surface area contributed by atoms with E-state index in [1.807, 2.05) is 42.5 Å². The maximum atomic E-state index is 11.9. The molecule has 0 aliphatic heterocycles. The predicted octanol–water partition coefficient (Wildman–Crippen LogP) is 5.45. The van der Waals surface area contributed by atoms with Gasteiger partial charge in [0.15, 0.2) is 5.78 Å². The second kappa shape index (κ2) is 7.09. The molecule has 2 aromatic carbocycles. The molecule has 0 unspecified atom stereocenters. The minimum atomic E-state index is -0.110. The molecule has 1 nitrogen and oxygen atoms in total. The molecule has 0 spiro atoms. The Kier molecular flexibility index (Phi) is 5.16. The summed E-state index contributed by atoms with van der Waals surface area (Å²) >= 11 is 11.7. The Hall–Kier alpha value is -1.83. The highest BCUT2D eigenvalue weighted by Gasteiger charge is 2.04. The zero-order valence-corrected chi connectivity index (χ0v) is 12.1. The van der Waals surface area contributed by atoms with Crippen molar-refractivity contribution in [1.82, 2.24) is 0 Å². The zero-order valence-electron chi connectivity index (χ0n) is 10.6. The van der Waals surface area contributed by atoms with Gasteiger partial charge in [-0.25, -0.2) is 0 Å². The van der Waals surface area contributed by atoms with Gasteiger partial charge in [0.25, 0.3) is 0 Å². The average Bonchev–Trinajstić information content (AvgIpc) is 2.47. The summed E-state index contributed by atoms with van der Waals surface area (Å²) in [6, 6.07) is 14.7. The van der Waals surface area contributed by atoms with Gasteiger partial charge in [0.2, 0.25) is 0 Å². The molecular weight excluding hydrogens is 291 g/mol. The second-order valence-electron chi connectivity index (χ2n) is 4.12. The molecule has 0 N–H and O–H groups in total. The van der Waals surface area contributed by atoms with Crippen LogP contribution < -0.4 is 0 Å². The van der Waals surface area contributed by atoms with Gasteiger partial charge in [-0.15, -0.1) is 0 Å². The molecule has 0 aliphatic rings. The number of halogens is 2. The molecule has 0 bridgehead atoms. The van der Waals surface area contributed by atoms with Crippen LogP contribution in [0.5, 0.6) is 0 Å². The van der Waals surface area contributed by atoms with E-state index in [1.54, 1.807) is 24.3 Å². The van der Waals surface area contributed by atoms with Crippen LogP contribution in [0.3, 0.4) is 0 Å². The van der Waals surface area contributed by atoms with Crippen LogP contribution in [0.1, 0.15) is 15.9 Å². The van der Waals surface area contributed by atoms with Crippen molar-refractivity contribution in [3.8, 4) is 0 Å². The van der Waals surface area contributed by atoms with Crippen LogP contribution in [0, 0.1) is 0 Å². The molecule has 0 fully saturated rings. The molecular formula is C17H12Cl2O. The second-order valence-corrected chi connectivity index (χ2v) is 4.94. The molecule has 0 aliphatic carbocycles. The average molecular weight is 303 g/mol. The van der Waals surface area contributed by atoms with E-state index in [0.717, 1.165) is 5.56 Å². The van der Waals surface area contributed by atoms with Gasteiger partial charge in [0, 0.05) is 5.56 Å². The van der Waals surface area contributed by atoms with Crippen LogP contribution in [-0.2, 0) is 0 Å². The number of hydrogen-bond acceptors (Lipinski definition) is 1. The molecule has 0 aromatic heterocycles. The van der Waals surface area contributed by atoms with Gasteiger partial charge in [-0.1, -0.05) is 71.8 Å². The van der Waals surface area contributed by atoms with Crippen molar-refractivity contribution in [2.24, 2.45) is 0 Å². The molecule has 20 heavy (non-hydrogen) atoms. The summed E-state index contributed by atoms with van der Waals surface area (Å²) in [6.07, 6.45) is 6.96. The Balaban J connectivity index is 2.02. The molecule has 0 amide bonds. The van der Waals surface area contributed by atoms with E-state index in [-0.39, 0.29) is 5.78 Å². The first-order chi connectivity index (χ1) is 9.66. The largest absolute Gasteiger partial charge is 0.289 e. The quantitative estimate of drug-likeness (QED) is 0.417. The predicted molar refractivity (Wildman–Crippen MR) is 85.4 cm³/mol. The van der Waals surface area contributed by atoms with Gasteiger partial charge in [-0.2, -0.15) is 0 Å². The standard InChI is InChI=1S/C17H12Cl2O/c18-15-11-10-14(12-16(15)19)17(20)9-5-4-8-13-6-2-1-3-7-13/h1-12H. The fourth-order valence-electron chi connectivity index (χ4n) is 1.62. The minimum absolute atomic E-state index is 0.110. The van der Waals surface area contributed by atoms with E-state index < -0.39 is 0 Å². The van der Waals surface area contributed by atoms with Crippen molar-refractivity contribution in [3.05, 3.63) is 87.9 Å². The van der Waals surface area contributed by atoms with Gasteiger partial charge in [0.1, 0.15) is 0 Å². The summed E-state index contributed by atoms with van der Waals surface area (Å²) in [7, 11) is 0. The summed E-state index contributed by atoms with van der Waals surface area (Å²) in [5, 5.41) is 0.821. The molecule has 100 valence electrons. The van der Waals surface area contributed by atoms with Crippen molar-refractivity contribution >= 4 is 35.1 Å². The van der Waals surface area contributed by atoms with Crippen LogP contribution in [0.25, 0.3) is 6.08 Å². The third-order valence-electron chi connectivity index (χ3n) is 2.65. The number of allylic oxidation sites excluding steroid dienone is 3. The summed E-state index contributed by atoms with van der Waals surface area (Å²) in [5.41, 5.74) is 1.60. The molecule has 0 atom stereocenters. The lowest BCUT2D eigenvalue weighted by Crippen LogP contribution is -1.93. The number of rotatable bonds is 4. The lowest BCUT2D eigenvalue weighted by atomic mass is 10.1. The van der Waals surface area contributed by atoms with Crippen molar-refractivity contribution < 1.29 is 4.79 Å². The van der Waals surface area contributed by atoms with Crippen LogP contribution in [-0.4, -0.2) is 5.78 Å². The summed E-state index contributed by atoms with van der Waals surface area (Å²) in [6.45, 7) is 0. The topological polar surface area (TPSA) is 17.1 Å². The third kappa shape index (κ3) is 4.09. The molecule has 2 aromatic rings. The summed E-state index contributed by atoms with van der Waals surface area (Å²) in [5.74, 6) is -0.110. The highest BCUT2D eigenvalue weighted by atomic mass is 35.5. The molecule has 0 saturated carbocycles. The SMILES string of the molecule is O=C(C=CC=Cc1ccccc1)c1ccc(Cl)c(Cl)c1. The first-order valence-corrected chi connectivity index (χ1v) is 6.81. The number of benzene rings is 2. The summed E-state index contributed by atoms with van der Waals surface area (Å²) < 4.78 is 0. The van der Waals surface area contributed by atoms with Crippen LogP contribution >= 0.6 is 23.2 Å². The van der Waals surface area contributed by atoms with E-state index in [0.29, 0.717) is 15.6 Å². The Morgan fingerprint density at radius 2 is 1.65 bits per heavy atom. The fourth-order valence-corrected chi connectivity index (χ4v) is 1.92. The van der Waals surface area contributed by atoms with Gasteiger partial charge in [0.05, 0.1) is 10.0 Å². The van der Waals surface area contributed by atoms with E-state index in [4.69, 9.17) is 23.2 Å². The Morgan fingerprint density at radius 3 is 2.35 bits per heavy atom. The van der Waals surface area contributed by atoms with Crippen LogP contribution in [0.15, 0.2) is 66.8 Å². The molecule has 0 heterocycles. The fraction of sp³-hybridized carbons (Fsp3) is 0. The number of ketones is 1. The van der Waals surface area contributed by atoms with Crippen molar-refractivity contribution in [2.45, 2.75) is 0 Å². The first-order valence-electron chi connectivity index (χ1n) is 6.06. The number of carbonyl (C=O) groups is 1. The van der Waals surface area contributed by atoms with E-state index >= 15 is 0 Å². The Morgan fingerprint density at radius 1 is 0.900 bits per heavy atom. The van der Waals surface area contributed by atoms with Gasteiger partial charge >= 0.3 is 0 Å². The van der Waals surface area contributed by atoms with Crippen molar-refractivity contribution in [2.75, 3.05) is 0 Å². The lowest BCUT2D eigenvalue weighted by molar-refractivity contribution is 0.104. The van der Waals surface area contributed by atoms with Crippen LogP contribution in [0.4, 0.5) is 0 Å². The summed E-state index contributed by atoms with van der Waals surface area (Å²) in [4.78, 5) is 11.9. The van der Waals surface area contributed by atoms with Crippen LogP contribution in [0.2, 0.25) is 10.0 Å². The normalized spacial score (nSPS) is 11.3. The Labute approximate surface area is 128 Å². The maximum absolute atomic E-state index is 11.9. The van der Waals surface area contributed by atoms with E-state index in [9.17, 15) is 4.79 Å². The van der Waals surface area contributed by atoms with Gasteiger partial charge in [-0.05, 0) is 29.8 Å². The Bertz CT molecular complexity index is 658.